The van der Waals surface area contributed by atoms with E-state index in [1.165, 1.54) is 6.20 Å². The normalized spacial score (nSPS) is 14.6. The maximum Gasteiger partial charge on any atom is 0.407 e. The fourth-order valence-corrected chi connectivity index (χ4v) is 2.43. The van der Waals surface area contributed by atoms with Gasteiger partial charge >= 0.3 is 6.09 Å². The Morgan fingerprint density at radius 3 is 2.14 bits per heavy atom. The number of carbonyl (C=O) groups is 1. The zero-order valence-corrected chi connectivity index (χ0v) is 15.0. The summed E-state index contributed by atoms with van der Waals surface area (Å²) in [6.07, 6.45) is 0.812. The summed E-state index contributed by atoms with van der Waals surface area (Å²) in [5.41, 5.74) is 1.72. The zero-order valence-electron chi connectivity index (χ0n) is 15.0. The first-order chi connectivity index (χ1) is 14.0. The molecule has 2 heterocycles. The lowest BCUT2D eigenvalue weighted by Crippen LogP contribution is -2.19. The molecule has 7 heteroatoms. The van der Waals surface area contributed by atoms with Crippen molar-refractivity contribution in [1.82, 2.24) is 10.3 Å². The van der Waals surface area contributed by atoms with E-state index in [1.54, 1.807) is 6.07 Å². The van der Waals surface area contributed by atoms with Crippen LogP contribution in [0.1, 0.15) is 22.7 Å². The van der Waals surface area contributed by atoms with Crippen molar-refractivity contribution in [3.8, 4) is 11.8 Å². The summed E-state index contributed by atoms with van der Waals surface area (Å²) in [5, 5.41) is 2.52. The lowest BCUT2D eigenvalue weighted by atomic mass is 10.1. The highest BCUT2D eigenvalue weighted by Gasteiger charge is 2.26. The molecule has 0 aliphatic carbocycles. The SMILES string of the molecule is Fc1ccc(F)cc1.O=C1NC(c2cc(C#Cc3ccccc3)cnc2F)CO1. The molecule has 4 nitrogen and oxygen atoms in total. The number of hydrogen-bond acceptors (Lipinski definition) is 3. The van der Waals surface area contributed by atoms with E-state index < -0.39 is 29.7 Å². The van der Waals surface area contributed by atoms with Gasteiger partial charge in [0.1, 0.15) is 18.2 Å². The summed E-state index contributed by atoms with van der Waals surface area (Å²) < 4.78 is 42.3. The summed E-state index contributed by atoms with van der Waals surface area (Å²) >= 11 is 0. The molecule has 1 aliphatic rings. The molecular weight excluding hydrogens is 381 g/mol. The van der Waals surface area contributed by atoms with Crippen LogP contribution >= 0.6 is 0 Å². The Labute approximate surface area is 165 Å². The number of alkyl carbamates (subject to hydrolysis) is 1. The fraction of sp³-hybridized carbons (Fsp3) is 0.0909. The summed E-state index contributed by atoms with van der Waals surface area (Å²) in [6, 6.07) is 14.8. The lowest BCUT2D eigenvalue weighted by molar-refractivity contribution is 0.176. The molecule has 1 fully saturated rings. The molecule has 1 atom stereocenters. The Kier molecular flexibility index (Phi) is 6.48. The van der Waals surface area contributed by atoms with Crippen LogP contribution in [-0.2, 0) is 4.74 Å². The van der Waals surface area contributed by atoms with Crippen molar-refractivity contribution in [2.75, 3.05) is 6.61 Å². The maximum absolute atomic E-state index is 13.7. The van der Waals surface area contributed by atoms with Crippen molar-refractivity contribution >= 4 is 6.09 Å². The van der Waals surface area contributed by atoms with Gasteiger partial charge in [-0.15, -0.1) is 0 Å². The van der Waals surface area contributed by atoms with Gasteiger partial charge in [0.2, 0.25) is 5.95 Å². The van der Waals surface area contributed by atoms with Crippen molar-refractivity contribution in [2.45, 2.75) is 6.04 Å². The van der Waals surface area contributed by atoms with E-state index in [0.29, 0.717) is 5.56 Å². The Bertz CT molecular complexity index is 1020. The summed E-state index contributed by atoms with van der Waals surface area (Å²) in [5.74, 6) is 4.46. The number of nitrogens with zero attached hydrogens (tertiary/aromatic N) is 1. The van der Waals surface area contributed by atoms with Crippen molar-refractivity contribution < 1.29 is 22.7 Å². The lowest BCUT2D eigenvalue weighted by Gasteiger charge is -2.08. The largest absolute Gasteiger partial charge is 0.447 e. The summed E-state index contributed by atoms with van der Waals surface area (Å²) in [4.78, 5) is 14.7. The van der Waals surface area contributed by atoms with Gasteiger partial charge in [0.05, 0.1) is 6.04 Å². The highest BCUT2D eigenvalue weighted by molar-refractivity contribution is 5.70. The van der Waals surface area contributed by atoms with E-state index in [2.05, 4.69) is 22.1 Å². The number of benzene rings is 2. The number of hydrogen-bond donors (Lipinski definition) is 1. The van der Waals surface area contributed by atoms with Crippen LogP contribution in [0.5, 0.6) is 0 Å². The van der Waals surface area contributed by atoms with Crippen LogP contribution in [0.25, 0.3) is 0 Å². The first kappa shape index (κ1) is 20.0. The monoisotopic (exact) mass is 396 g/mol. The van der Waals surface area contributed by atoms with E-state index in [9.17, 15) is 18.0 Å². The Morgan fingerprint density at radius 1 is 0.931 bits per heavy atom. The molecule has 1 aromatic heterocycles. The second kappa shape index (κ2) is 9.42. The molecule has 1 N–H and O–H groups in total. The molecule has 29 heavy (non-hydrogen) atoms. The Morgan fingerprint density at radius 2 is 1.55 bits per heavy atom. The molecule has 1 unspecified atom stereocenters. The number of cyclic esters (lactones) is 1. The van der Waals surface area contributed by atoms with E-state index >= 15 is 0 Å². The zero-order chi connectivity index (χ0) is 20.6. The topological polar surface area (TPSA) is 51.2 Å². The van der Waals surface area contributed by atoms with Crippen LogP contribution < -0.4 is 5.32 Å². The molecule has 1 amide bonds. The van der Waals surface area contributed by atoms with E-state index in [0.717, 1.165) is 29.8 Å². The van der Waals surface area contributed by atoms with Gasteiger partial charge in [-0.25, -0.2) is 18.6 Å². The average molecular weight is 396 g/mol. The van der Waals surface area contributed by atoms with Crippen LogP contribution in [0.4, 0.5) is 18.0 Å². The molecule has 0 saturated carbocycles. The van der Waals surface area contributed by atoms with Gasteiger partial charge in [-0.3, -0.25) is 0 Å². The predicted octanol–water partition coefficient (Wildman–Crippen LogP) is 4.37. The number of ether oxygens (including phenoxy) is 1. The van der Waals surface area contributed by atoms with Crippen molar-refractivity contribution in [3.63, 3.8) is 0 Å². The molecule has 0 bridgehead atoms. The number of pyridine rings is 1. The minimum Gasteiger partial charge on any atom is -0.447 e. The van der Waals surface area contributed by atoms with Gasteiger partial charge in [-0.05, 0) is 42.5 Å². The Hall–Kier alpha value is -3.79. The van der Waals surface area contributed by atoms with E-state index in [-0.39, 0.29) is 12.2 Å². The van der Waals surface area contributed by atoms with Crippen LogP contribution in [-0.4, -0.2) is 17.7 Å². The number of rotatable bonds is 1. The smallest absolute Gasteiger partial charge is 0.407 e. The maximum atomic E-state index is 13.7. The third kappa shape index (κ3) is 5.84. The molecule has 0 spiro atoms. The molecule has 4 rings (SSSR count). The van der Waals surface area contributed by atoms with Crippen LogP contribution in [0, 0.1) is 29.4 Å². The number of carbonyl (C=O) groups excluding carboxylic acids is 1. The van der Waals surface area contributed by atoms with Crippen LogP contribution in [0.2, 0.25) is 0 Å². The summed E-state index contributed by atoms with van der Waals surface area (Å²) in [7, 11) is 0. The van der Waals surface area contributed by atoms with Gasteiger partial charge < -0.3 is 10.1 Å². The second-order valence-electron chi connectivity index (χ2n) is 5.95. The average Bonchev–Trinajstić information content (AvgIpc) is 3.17. The highest BCUT2D eigenvalue weighted by atomic mass is 19.1. The molecule has 3 aromatic rings. The Balaban J connectivity index is 0.000000252. The molecule has 0 radical (unpaired) electrons. The van der Waals surface area contributed by atoms with Crippen LogP contribution in [0.3, 0.4) is 0 Å². The van der Waals surface area contributed by atoms with Gasteiger partial charge in [0, 0.05) is 22.9 Å². The number of halogens is 3. The van der Waals surface area contributed by atoms with Crippen molar-refractivity contribution in [2.24, 2.45) is 0 Å². The molecule has 1 aliphatic heterocycles. The minimum absolute atomic E-state index is 0.0903. The standard InChI is InChI=1S/C16H11FN2O2.C6H4F2/c17-15-13(14-10-21-16(20)19-14)8-12(9-18-15)7-6-11-4-2-1-3-5-11;7-5-1-2-6(8)4-3-5/h1-5,8-9,14H,10H2,(H,19,20);1-4H. The molecular formula is C22H15F3N2O2. The van der Waals surface area contributed by atoms with Gasteiger partial charge in [0.25, 0.3) is 0 Å². The third-order valence-electron chi connectivity index (χ3n) is 3.84. The van der Waals surface area contributed by atoms with Crippen molar-refractivity contribution in [1.29, 1.82) is 0 Å². The third-order valence-corrected chi connectivity index (χ3v) is 3.84. The van der Waals surface area contributed by atoms with Crippen LogP contribution in [0.15, 0.2) is 66.9 Å². The number of aromatic nitrogens is 1. The van der Waals surface area contributed by atoms with Gasteiger partial charge in [-0.1, -0.05) is 30.0 Å². The highest BCUT2D eigenvalue weighted by Crippen LogP contribution is 2.20. The number of nitrogens with one attached hydrogen (secondary N) is 1. The van der Waals surface area contributed by atoms with Gasteiger partial charge in [0.15, 0.2) is 0 Å². The molecule has 146 valence electrons. The van der Waals surface area contributed by atoms with E-state index in [4.69, 9.17) is 4.74 Å². The number of amides is 1. The predicted molar refractivity (Wildman–Crippen MR) is 100 cm³/mol. The fourth-order valence-electron chi connectivity index (χ4n) is 2.43. The minimum atomic E-state index is -0.629. The van der Waals surface area contributed by atoms with Crippen molar-refractivity contribution in [3.05, 3.63) is 101 Å². The van der Waals surface area contributed by atoms with E-state index in [1.807, 2.05) is 30.3 Å². The first-order valence-electron chi connectivity index (χ1n) is 8.58. The van der Waals surface area contributed by atoms with Gasteiger partial charge in [-0.2, -0.15) is 4.39 Å². The second-order valence-corrected chi connectivity index (χ2v) is 5.95. The summed E-state index contributed by atoms with van der Waals surface area (Å²) in [6.45, 7) is 0.0903. The molecule has 1 saturated heterocycles. The quantitative estimate of drug-likeness (QED) is 0.491. The molecule has 2 aromatic carbocycles. The first-order valence-corrected chi connectivity index (χ1v) is 8.58.